The van der Waals surface area contributed by atoms with Gasteiger partial charge in [-0.25, -0.2) is 9.97 Å². The van der Waals surface area contributed by atoms with Crippen LogP contribution in [-0.4, -0.2) is 61.4 Å². The Balaban J connectivity index is 1.27. The molecule has 4 heterocycles. The van der Waals surface area contributed by atoms with Crippen molar-refractivity contribution in [1.82, 2.24) is 9.97 Å². The Morgan fingerprint density at radius 3 is 2.04 bits per heavy atom. The number of rotatable bonds is 3. The highest BCUT2D eigenvalue weighted by Gasteiger charge is 2.46. The molecule has 6 nitrogen and oxygen atoms in total. The Morgan fingerprint density at radius 2 is 1.41 bits per heavy atom. The highest BCUT2D eigenvalue weighted by molar-refractivity contribution is 5.54. The number of anilines is 3. The molecule has 3 aliphatic rings. The van der Waals surface area contributed by atoms with Crippen molar-refractivity contribution < 1.29 is 4.74 Å². The Labute approximate surface area is 160 Å². The molecule has 1 aromatic heterocycles. The van der Waals surface area contributed by atoms with Gasteiger partial charge in [-0.3, -0.25) is 0 Å². The second-order valence-electron chi connectivity index (χ2n) is 7.78. The minimum atomic E-state index is 0.345. The molecule has 0 atom stereocenters. The number of para-hydroxylation sites is 1. The summed E-state index contributed by atoms with van der Waals surface area (Å²) in [5.74, 6) is 2.09. The van der Waals surface area contributed by atoms with E-state index in [0.717, 1.165) is 51.0 Å². The van der Waals surface area contributed by atoms with Crippen molar-refractivity contribution in [1.29, 1.82) is 0 Å². The number of ether oxygens (including phenoxy) is 1. The fourth-order valence-corrected chi connectivity index (χ4v) is 4.70. The summed E-state index contributed by atoms with van der Waals surface area (Å²) in [7, 11) is 0. The van der Waals surface area contributed by atoms with Gasteiger partial charge in [0, 0.05) is 50.0 Å². The van der Waals surface area contributed by atoms with Crippen LogP contribution >= 0.6 is 0 Å². The monoisotopic (exact) mass is 365 g/mol. The van der Waals surface area contributed by atoms with Crippen LogP contribution in [0.1, 0.15) is 19.3 Å². The van der Waals surface area contributed by atoms with Crippen LogP contribution in [0.2, 0.25) is 0 Å². The minimum Gasteiger partial charge on any atom is -0.378 e. The summed E-state index contributed by atoms with van der Waals surface area (Å²) in [4.78, 5) is 16.4. The molecule has 3 aliphatic heterocycles. The first-order valence-electron chi connectivity index (χ1n) is 10.1. The number of hydrogen-bond donors (Lipinski definition) is 0. The summed E-state index contributed by atoms with van der Waals surface area (Å²) >= 11 is 0. The van der Waals surface area contributed by atoms with E-state index in [1.807, 2.05) is 0 Å². The molecule has 142 valence electrons. The van der Waals surface area contributed by atoms with E-state index in [-0.39, 0.29) is 0 Å². The lowest BCUT2D eigenvalue weighted by atomic mass is 9.76. The fourth-order valence-electron chi connectivity index (χ4n) is 4.70. The topological polar surface area (TPSA) is 44.7 Å². The molecule has 0 N–H and O–H groups in total. The quantitative estimate of drug-likeness (QED) is 0.833. The average molecular weight is 365 g/mol. The number of nitrogens with zero attached hydrogens (tertiary/aromatic N) is 5. The highest BCUT2D eigenvalue weighted by atomic mass is 16.5. The number of morpholine rings is 1. The Bertz CT molecular complexity index is 769. The van der Waals surface area contributed by atoms with Gasteiger partial charge < -0.3 is 19.4 Å². The van der Waals surface area contributed by atoms with Gasteiger partial charge in [0.2, 0.25) is 0 Å². The van der Waals surface area contributed by atoms with Gasteiger partial charge in [0.1, 0.15) is 18.0 Å². The third kappa shape index (κ3) is 3.12. The molecular weight excluding hydrogens is 338 g/mol. The van der Waals surface area contributed by atoms with E-state index in [4.69, 9.17) is 4.74 Å². The molecule has 0 unspecified atom stereocenters. The van der Waals surface area contributed by atoms with Crippen LogP contribution in [0.5, 0.6) is 0 Å². The zero-order chi connectivity index (χ0) is 18.1. The van der Waals surface area contributed by atoms with Crippen molar-refractivity contribution in [3.05, 3.63) is 42.7 Å². The van der Waals surface area contributed by atoms with Crippen LogP contribution < -0.4 is 14.7 Å². The number of aromatic nitrogens is 2. The normalized spacial score (nSPS) is 22.0. The lowest BCUT2D eigenvalue weighted by Crippen LogP contribution is -2.64. The van der Waals surface area contributed by atoms with Crippen molar-refractivity contribution in [3.63, 3.8) is 0 Å². The number of piperidine rings is 1. The van der Waals surface area contributed by atoms with Crippen molar-refractivity contribution in [2.45, 2.75) is 24.8 Å². The molecule has 6 heteroatoms. The molecule has 0 bridgehead atoms. The predicted octanol–water partition coefficient (Wildman–Crippen LogP) is 2.56. The van der Waals surface area contributed by atoms with Crippen LogP contribution in [0.15, 0.2) is 42.7 Å². The zero-order valence-corrected chi connectivity index (χ0v) is 15.8. The molecule has 3 fully saturated rings. The van der Waals surface area contributed by atoms with Crippen LogP contribution in [0, 0.1) is 0 Å². The van der Waals surface area contributed by atoms with Gasteiger partial charge in [-0.2, -0.15) is 0 Å². The van der Waals surface area contributed by atoms with E-state index in [9.17, 15) is 0 Å². The van der Waals surface area contributed by atoms with Gasteiger partial charge in [-0.05, 0) is 31.4 Å². The first-order valence-corrected chi connectivity index (χ1v) is 10.1. The second kappa shape index (κ2) is 7.00. The van der Waals surface area contributed by atoms with E-state index >= 15 is 0 Å². The van der Waals surface area contributed by atoms with E-state index in [0.29, 0.717) is 5.54 Å². The minimum absolute atomic E-state index is 0.345. The molecular formula is C21H27N5O. The van der Waals surface area contributed by atoms with Crippen molar-refractivity contribution in [2.75, 3.05) is 60.6 Å². The Kier molecular flexibility index (Phi) is 4.36. The van der Waals surface area contributed by atoms with Gasteiger partial charge in [-0.15, -0.1) is 0 Å². The molecule has 0 radical (unpaired) electrons. The maximum absolute atomic E-state index is 5.46. The largest absolute Gasteiger partial charge is 0.378 e. The summed E-state index contributed by atoms with van der Waals surface area (Å²) in [6, 6.07) is 13.0. The van der Waals surface area contributed by atoms with E-state index < -0.39 is 0 Å². The van der Waals surface area contributed by atoms with Gasteiger partial charge in [-0.1, -0.05) is 18.2 Å². The van der Waals surface area contributed by atoms with Crippen LogP contribution in [0.25, 0.3) is 0 Å². The molecule has 0 saturated carbocycles. The molecule has 0 amide bonds. The van der Waals surface area contributed by atoms with Gasteiger partial charge >= 0.3 is 0 Å². The summed E-state index contributed by atoms with van der Waals surface area (Å²) in [5.41, 5.74) is 1.71. The smallest absolute Gasteiger partial charge is 0.134 e. The van der Waals surface area contributed by atoms with E-state index in [2.05, 4.69) is 61.1 Å². The molecule has 1 spiro atoms. The number of benzene rings is 1. The molecule has 2 aromatic rings. The summed E-state index contributed by atoms with van der Waals surface area (Å²) in [6.07, 6.45) is 5.40. The molecule has 5 rings (SSSR count). The summed E-state index contributed by atoms with van der Waals surface area (Å²) in [5, 5.41) is 0. The molecule has 27 heavy (non-hydrogen) atoms. The van der Waals surface area contributed by atoms with Gasteiger partial charge in [0.15, 0.2) is 0 Å². The Hall–Kier alpha value is -2.34. The molecule has 3 saturated heterocycles. The predicted molar refractivity (Wildman–Crippen MR) is 108 cm³/mol. The first-order chi connectivity index (χ1) is 13.3. The van der Waals surface area contributed by atoms with Gasteiger partial charge in [0.25, 0.3) is 0 Å². The Morgan fingerprint density at radius 1 is 0.778 bits per heavy atom. The SMILES string of the molecule is c1ccc(N2CCC23CCN(c2cc(N4CCOCC4)ncn2)CC3)cc1. The lowest BCUT2D eigenvalue weighted by molar-refractivity contribution is 0.122. The third-order valence-corrected chi connectivity index (χ3v) is 6.43. The van der Waals surface area contributed by atoms with Gasteiger partial charge in [0.05, 0.1) is 13.2 Å². The van der Waals surface area contributed by atoms with Crippen LogP contribution in [-0.2, 0) is 4.74 Å². The average Bonchev–Trinajstić information content (AvgIpc) is 2.75. The highest BCUT2D eigenvalue weighted by Crippen LogP contribution is 2.43. The van der Waals surface area contributed by atoms with Crippen LogP contribution in [0.4, 0.5) is 17.3 Å². The maximum atomic E-state index is 5.46. The molecule has 1 aromatic carbocycles. The van der Waals surface area contributed by atoms with Crippen molar-refractivity contribution in [2.24, 2.45) is 0 Å². The van der Waals surface area contributed by atoms with E-state index in [1.165, 1.54) is 31.5 Å². The van der Waals surface area contributed by atoms with Crippen molar-refractivity contribution in [3.8, 4) is 0 Å². The van der Waals surface area contributed by atoms with E-state index in [1.54, 1.807) is 6.33 Å². The summed E-state index contributed by atoms with van der Waals surface area (Å²) < 4.78 is 5.46. The van der Waals surface area contributed by atoms with Crippen molar-refractivity contribution >= 4 is 17.3 Å². The van der Waals surface area contributed by atoms with Crippen LogP contribution in [0.3, 0.4) is 0 Å². The molecule has 0 aliphatic carbocycles. The second-order valence-corrected chi connectivity index (χ2v) is 7.78. The maximum Gasteiger partial charge on any atom is 0.134 e. The summed E-state index contributed by atoms with van der Waals surface area (Å²) in [6.45, 7) is 6.67. The lowest BCUT2D eigenvalue weighted by Gasteiger charge is -2.58. The standard InChI is InChI=1S/C21H27N5O/c1-2-4-18(5-3-1)26-11-8-21(26)6-9-24(10-7-21)19-16-20(23-17-22-19)25-12-14-27-15-13-25/h1-5,16-17H,6-15H2. The zero-order valence-electron chi connectivity index (χ0n) is 15.8. The fraction of sp³-hybridized carbons (Fsp3) is 0.524. The number of hydrogen-bond acceptors (Lipinski definition) is 6. The third-order valence-electron chi connectivity index (χ3n) is 6.43. The first kappa shape index (κ1) is 16.8.